The summed E-state index contributed by atoms with van der Waals surface area (Å²) in [5.41, 5.74) is 5.02. The molecule has 4 heteroatoms. The monoisotopic (exact) mass is 270 g/mol. The zero-order valence-corrected chi connectivity index (χ0v) is 12.1. The molecule has 1 aromatic heterocycles. The summed E-state index contributed by atoms with van der Waals surface area (Å²) < 4.78 is 0. The fourth-order valence-electron chi connectivity index (χ4n) is 2.99. The number of rotatable bonds is 6. The van der Waals surface area contributed by atoms with Crippen LogP contribution in [0.15, 0.2) is 48.9 Å². The third kappa shape index (κ3) is 2.57. The zero-order valence-electron chi connectivity index (χ0n) is 12.1. The minimum absolute atomic E-state index is 0.0615. The van der Waals surface area contributed by atoms with Crippen LogP contribution in [0.5, 0.6) is 0 Å². The lowest BCUT2D eigenvalue weighted by Crippen LogP contribution is -2.44. The van der Waals surface area contributed by atoms with Crippen LogP contribution in [-0.4, -0.2) is 9.97 Å². The Kier molecular flexibility index (Phi) is 4.82. The predicted molar refractivity (Wildman–Crippen MR) is 80.8 cm³/mol. The summed E-state index contributed by atoms with van der Waals surface area (Å²) in [6.07, 6.45) is 7.12. The molecule has 0 bridgehead atoms. The molecule has 106 valence electrons. The van der Waals surface area contributed by atoms with Crippen molar-refractivity contribution in [2.24, 2.45) is 5.84 Å². The maximum Gasteiger partial charge on any atom is 0.0778 e. The van der Waals surface area contributed by atoms with Crippen LogP contribution in [0.25, 0.3) is 0 Å². The Morgan fingerprint density at radius 1 is 1.15 bits per heavy atom. The van der Waals surface area contributed by atoms with Gasteiger partial charge in [0.05, 0.1) is 17.9 Å². The van der Waals surface area contributed by atoms with E-state index in [-0.39, 0.29) is 11.5 Å². The van der Waals surface area contributed by atoms with E-state index in [0.717, 1.165) is 18.5 Å². The minimum atomic E-state index is -0.0912. The normalized spacial score (nSPS) is 13.2. The van der Waals surface area contributed by atoms with E-state index < -0.39 is 0 Å². The van der Waals surface area contributed by atoms with Crippen molar-refractivity contribution in [1.82, 2.24) is 15.4 Å². The SMILES string of the molecule is CCC(CC)(c1ccccc1)C(NN)c1cnccn1. The Bertz CT molecular complexity index is 509. The molecule has 0 aliphatic rings. The standard InChI is InChI=1S/C16H22N4/c1-3-16(4-2,13-8-6-5-7-9-13)15(20-17)14-12-18-10-11-19-14/h5-12,15,20H,3-4,17H2,1-2H3. The van der Waals surface area contributed by atoms with Gasteiger partial charge in [-0.15, -0.1) is 0 Å². The smallest absolute Gasteiger partial charge is 0.0778 e. The van der Waals surface area contributed by atoms with Gasteiger partial charge in [-0.2, -0.15) is 0 Å². The molecule has 1 heterocycles. The van der Waals surface area contributed by atoms with Crippen molar-refractivity contribution < 1.29 is 0 Å². The van der Waals surface area contributed by atoms with E-state index in [4.69, 9.17) is 5.84 Å². The molecule has 1 aromatic carbocycles. The zero-order chi connectivity index (χ0) is 14.4. The first kappa shape index (κ1) is 14.6. The molecule has 3 N–H and O–H groups in total. The molecule has 0 fully saturated rings. The van der Waals surface area contributed by atoms with Gasteiger partial charge in [-0.3, -0.25) is 21.2 Å². The van der Waals surface area contributed by atoms with Crippen molar-refractivity contribution in [2.45, 2.75) is 38.1 Å². The lowest BCUT2D eigenvalue weighted by molar-refractivity contribution is 0.271. The highest BCUT2D eigenvalue weighted by Gasteiger charge is 2.38. The summed E-state index contributed by atoms with van der Waals surface area (Å²) in [4.78, 5) is 8.60. The molecule has 2 aromatic rings. The van der Waals surface area contributed by atoms with Crippen molar-refractivity contribution in [1.29, 1.82) is 0 Å². The highest BCUT2D eigenvalue weighted by molar-refractivity contribution is 5.30. The highest BCUT2D eigenvalue weighted by Crippen LogP contribution is 2.41. The van der Waals surface area contributed by atoms with Gasteiger partial charge in [0.25, 0.3) is 0 Å². The quantitative estimate of drug-likeness (QED) is 0.626. The van der Waals surface area contributed by atoms with Crippen molar-refractivity contribution in [3.05, 3.63) is 60.2 Å². The molecule has 0 amide bonds. The summed E-state index contributed by atoms with van der Waals surface area (Å²) in [6.45, 7) is 4.38. The van der Waals surface area contributed by atoms with E-state index in [1.165, 1.54) is 5.56 Å². The van der Waals surface area contributed by atoms with E-state index in [2.05, 4.69) is 53.5 Å². The molecular weight excluding hydrogens is 248 g/mol. The molecule has 4 nitrogen and oxygen atoms in total. The Morgan fingerprint density at radius 3 is 2.35 bits per heavy atom. The van der Waals surface area contributed by atoms with Gasteiger partial charge in [0, 0.05) is 17.8 Å². The summed E-state index contributed by atoms with van der Waals surface area (Å²) in [6, 6.07) is 10.4. The summed E-state index contributed by atoms with van der Waals surface area (Å²) in [5.74, 6) is 5.86. The van der Waals surface area contributed by atoms with Gasteiger partial charge in [0.2, 0.25) is 0 Å². The number of nitrogens with one attached hydrogen (secondary N) is 1. The Morgan fingerprint density at radius 2 is 1.85 bits per heavy atom. The molecule has 0 aliphatic heterocycles. The van der Waals surface area contributed by atoms with E-state index >= 15 is 0 Å². The molecule has 0 saturated heterocycles. The molecule has 0 radical (unpaired) electrons. The summed E-state index contributed by atoms with van der Waals surface area (Å²) in [7, 11) is 0. The van der Waals surface area contributed by atoms with Crippen LogP contribution in [0.3, 0.4) is 0 Å². The second-order valence-corrected chi connectivity index (χ2v) is 4.96. The number of nitrogens with two attached hydrogens (primary N) is 1. The van der Waals surface area contributed by atoms with Gasteiger partial charge in [-0.25, -0.2) is 0 Å². The molecule has 0 spiro atoms. The molecule has 2 rings (SSSR count). The van der Waals surface area contributed by atoms with Crippen molar-refractivity contribution >= 4 is 0 Å². The molecule has 20 heavy (non-hydrogen) atoms. The molecule has 1 atom stereocenters. The topological polar surface area (TPSA) is 63.8 Å². The third-order valence-corrected chi connectivity index (χ3v) is 4.21. The number of hydrogen-bond acceptors (Lipinski definition) is 4. The van der Waals surface area contributed by atoms with E-state index in [1.54, 1.807) is 18.6 Å². The second-order valence-electron chi connectivity index (χ2n) is 4.96. The predicted octanol–water partition coefficient (Wildman–Crippen LogP) is 2.74. The first-order chi connectivity index (χ1) is 9.78. The lowest BCUT2D eigenvalue weighted by Gasteiger charge is -2.39. The van der Waals surface area contributed by atoms with Crippen molar-refractivity contribution in [3.8, 4) is 0 Å². The van der Waals surface area contributed by atoms with Gasteiger partial charge >= 0.3 is 0 Å². The van der Waals surface area contributed by atoms with Crippen LogP contribution in [0.2, 0.25) is 0 Å². The Labute approximate surface area is 120 Å². The highest BCUT2D eigenvalue weighted by atomic mass is 15.2. The first-order valence-electron chi connectivity index (χ1n) is 7.06. The van der Waals surface area contributed by atoms with Gasteiger partial charge in [-0.05, 0) is 18.4 Å². The van der Waals surface area contributed by atoms with E-state index in [0.29, 0.717) is 0 Å². The van der Waals surface area contributed by atoms with Crippen LogP contribution >= 0.6 is 0 Å². The van der Waals surface area contributed by atoms with Crippen LogP contribution in [0.1, 0.15) is 44.0 Å². The average Bonchev–Trinajstić information content (AvgIpc) is 2.54. The summed E-state index contributed by atoms with van der Waals surface area (Å²) in [5, 5.41) is 0. The number of hydrogen-bond donors (Lipinski definition) is 2. The van der Waals surface area contributed by atoms with Crippen LogP contribution < -0.4 is 11.3 Å². The Hall–Kier alpha value is -1.78. The average molecular weight is 270 g/mol. The second kappa shape index (κ2) is 6.59. The van der Waals surface area contributed by atoms with Gasteiger partial charge in [0.15, 0.2) is 0 Å². The molecule has 0 aliphatic carbocycles. The van der Waals surface area contributed by atoms with Crippen LogP contribution in [0.4, 0.5) is 0 Å². The van der Waals surface area contributed by atoms with Crippen molar-refractivity contribution in [3.63, 3.8) is 0 Å². The maximum absolute atomic E-state index is 5.86. The number of nitrogens with zero attached hydrogens (tertiary/aromatic N) is 2. The number of hydrazine groups is 1. The van der Waals surface area contributed by atoms with Crippen LogP contribution in [-0.2, 0) is 5.41 Å². The van der Waals surface area contributed by atoms with E-state index in [9.17, 15) is 0 Å². The fourth-order valence-corrected chi connectivity index (χ4v) is 2.99. The molecule has 0 saturated carbocycles. The number of aromatic nitrogens is 2. The van der Waals surface area contributed by atoms with Crippen molar-refractivity contribution in [2.75, 3.05) is 0 Å². The van der Waals surface area contributed by atoms with Gasteiger partial charge < -0.3 is 0 Å². The molecule has 1 unspecified atom stereocenters. The van der Waals surface area contributed by atoms with Crippen LogP contribution in [0, 0.1) is 0 Å². The summed E-state index contributed by atoms with van der Waals surface area (Å²) >= 11 is 0. The fraction of sp³-hybridized carbons (Fsp3) is 0.375. The maximum atomic E-state index is 5.86. The van der Waals surface area contributed by atoms with E-state index in [1.807, 2.05) is 6.07 Å². The Balaban J connectivity index is 2.51. The lowest BCUT2D eigenvalue weighted by atomic mass is 9.69. The molecular formula is C16H22N4. The van der Waals surface area contributed by atoms with Gasteiger partial charge in [-0.1, -0.05) is 44.2 Å². The van der Waals surface area contributed by atoms with Gasteiger partial charge in [0.1, 0.15) is 0 Å². The first-order valence-corrected chi connectivity index (χ1v) is 7.06. The number of benzene rings is 1. The largest absolute Gasteiger partial charge is 0.271 e. The third-order valence-electron chi connectivity index (χ3n) is 4.21. The minimum Gasteiger partial charge on any atom is -0.271 e.